The van der Waals surface area contributed by atoms with Crippen LogP contribution < -0.4 is 10.5 Å². The Morgan fingerprint density at radius 1 is 1.19 bits per heavy atom. The summed E-state index contributed by atoms with van der Waals surface area (Å²) in [5, 5.41) is 0. The lowest BCUT2D eigenvalue weighted by atomic mass is 10.3. The van der Waals surface area contributed by atoms with Crippen molar-refractivity contribution < 1.29 is 19.1 Å². The number of esters is 1. The van der Waals surface area contributed by atoms with E-state index < -0.39 is 11.9 Å². The van der Waals surface area contributed by atoms with E-state index in [-0.39, 0.29) is 19.6 Å². The normalized spacial score (nSPS) is 9.50. The van der Waals surface area contributed by atoms with Crippen LogP contribution in [0.25, 0.3) is 0 Å². The van der Waals surface area contributed by atoms with Gasteiger partial charge in [0.25, 0.3) is 5.91 Å². The third kappa shape index (κ3) is 4.99. The Balaban J connectivity index is 2.16. The number of carbonyl (C=O) groups excluding carboxylic acids is 2. The van der Waals surface area contributed by atoms with Crippen LogP contribution in [0.3, 0.4) is 0 Å². The lowest BCUT2D eigenvalue weighted by Gasteiger charge is -2.05. The summed E-state index contributed by atoms with van der Waals surface area (Å²) in [5.74, 6) is -0.489. The molecule has 0 saturated heterocycles. The molecule has 1 amide bonds. The first kappa shape index (κ1) is 12.0. The van der Waals surface area contributed by atoms with E-state index in [1.54, 1.807) is 12.1 Å². The smallest absolute Gasteiger partial charge is 0.309 e. The maximum atomic E-state index is 11.0. The second-order valence-corrected chi connectivity index (χ2v) is 3.04. The zero-order valence-corrected chi connectivity index (χ0v) is 8.72. The van der Waals surface area contributed by atoms with E-state index in [1.807, 2.05) is 18.2 Å². The van der Waals surface area contributed by atoms with Gasteiger partial charge in [-0.25, -0.2) is 0 Å². The molecule has 0 fully saturated rings. The van der Waals surface area contributed by atoms with Crippen molar-refractivity contribution >= 4 is 11.9 Å². The van der Waals surface area contributed by atoms with Crippen LogP contribution in [0.15, 0.2) is 30.3 Å². The number of carbonyl (C=O) groups is 2. The highest BCUT2D eigenvalue weighted by Gasteiger charge is 2.04. The minimum absolute atomic E-state index is 0.0855. The Labute approximate surface area is 93.1 Å². The van der Waals surface area contributed by atoms with Crippen LogP contribution in [-0.4, -0.2) is 25.1 Å². The van der Waals surface area contributed by atoms with Crippen LogP contribution in [0.5, 0.6) is 5.75 Å². The van der Waals surface area contributed by atoms with Crippen molar-refractivity contribution in [3.05, 3.63) is 30.3 Å². The molecule has 0 aromatic heterocycles. The highest BCUT2D eigenvalue weighted by Crippen LogP contribution is 2.08. The molecule has 2 N–H and O–H groups in total. The number of ether oxygens (including phenoxy) is 2. The highest BCUT2D eigenvalue weighted by atomic mass is 16.5. The minimum atomic E-state index is -0.669. The van der Waals surface area contributed by atoms with Gasteiger partial charge in [-0.2, -0.15) is 0 Å². The summed E-state index contributed by atoms with van der Waals surface area (Å²) in [6.45, 7) is -0.175. The van der Waals surface area contributed by atoms with Crippen LogP contribution in [0.1, 0.15) is 6.42 Å². The largest absolute Gasteiger partial charge is 0.493 e. The molecule has 0 heterocycles. The van der Waals surface area contributed by atoms with Gasteiger partial charge in [0, 0.05) is 0 Å². The Morgan fingerprint density at radius 3 is 2.50 bits per heavy atom. The summed E-state index contributed by atoms with van der Waals surface area (Å²) < 4.78 is 9.81. The molecule has 86 valence electrons. The standard InChI is InChI=1S/C11H13NO4/c12-10(13)8-16-11(14)6-7-15-9-4-2-1-3-5-9/h1-5H,6-8H2,(H2,12,13). The Hall–Kier alpha value is -2.04. The molecule has 0 atom stereocenters. The summed E-state index contributed by atoms with van der Waals surface area (Å²) in [7, 11) is 0. The third-order valence-electron chi connectivity index (χ3n) is 1.69. The number of benzene rings is 1. The molecular formula is C11H13NO4. The summed E-state index contributed by atoms with van der Waals surface area (Å²) in [6, 6.07) is 9.11. The predicted molar refractivity (Wildman–Crippen MR) is 56.7 cm³/mol. The van der Waals surface area contributed by atoms with Crippen LogP contribution in [-0.2, 0) is 14.3 Å². The molecule has 16 heavy (non-hydrogen) atoms. The molecule has 0 aliphatic heterocycles. The number of rotatable bonds is 6. The van der Waals surface area contributed by atoms with Gasteiger partial charge in [-0.05, 0) is 12.1 Å². The summed E-state index contributed by atoms with van der Waals surface area (Å²) in [5.41, 5.74) is 4.81. The number of hydrogen-bond donors (Lipinski definition) is 1. The lowest BCUT2D eigenvalue weighted by molar-refractivity contribution is -0.148. The van der Waals surface area contributed by atoms with E-state index in [0.717, 1.165) is 0 Å². The molecule has 5 nitrogen and oxygen atoms in total. The van der Waals surface area contributed by atoms with Crippen molar-refractivity contribution in [2.24, 2.45) is 5.73 Å². The number of para-hydroxylation sites is 1. The number of primary amides is 1. The molecular weight excluding hydrogens is 210 g/mol. The van der Waals surface area contributed by atoms with Crippen molar-refractivity contribution in [2.45, 2.75) is 6.42 Å². The Bertz CT molecular complexity index is 350. The van der Waals surface area contributed by atoms with Gasteiger partial charge in [0.2, 0.25) is 0 Å². The van der Waals surface area contributed by atoms with Crippen molar-refractivity contribution in [3.63, 3.8) is 0 Å². The average Bonchev–Trinajstić information content (AvgIpc) is 2.28. The first-order chi connectivity index (χ1) is 7.68. The van der Waals surface area contributed by atoms with E-state index in [0.29, 0.717) is 5.75 Å². The maximum absolute atomic E-state index is 11.0. The molecule has 0 unspecified atom stereocenters. The van der Waals surface area contributed by atoms with E-state index in [9.17, 15) is 9.59 Å². The molecule has 0 aliphatic rings. The summed E-state index contributed by atoms with van der Waals surface area (Å²) in [6.07, 6.45) is 0.0855. The van der Waals surface area contributed by atoms with Crippen LogP contribution in [0.2, 0.25) is 0 Å². The Kier molecular flexibility index (Phi) is 4.85. The third-order valence-corrected chi connectivity index (χ3v) is 1.69. The summed E-state index contributed by atoms with van der Waals surface area (Å²) in [4.78, 5) is 21.3. The molecule has 0 bridgehead atoms. The van der Waals surface area contributed by atoms with E-state index in [2.05, 4.69) is 4.74 Å². The number of amides is 1. The molecule has 0 saturated carbocycles. The number of nitrogens with two attached hydrogens (primary N) is 1. The quantitative estimate of drug-likeness (QED) is 0.711. The monoisotopic (exact) mass is 223 g/mol. The highest BCUT2D eigenvalue weighted by molar-refractivity contribution is 5.78. The minimum Gasteiger partial charge on any atom is -0.493 e. The van der Waals surface area contributed by atoms with Gasteiger partial charge in [-0.15, -0.1) is 0 Å². The van der Waals surface area contributed by atoms with E-state index in [1.165, 1.54) is 0 Å². The van der Waals surface area contributed by atoms with Gasteiger partial charge in [0.1, 0.15) is 5.75 Å². The van der Waals surface area contributed by atoms with Crippen molar-refractivity contribution in [1.29, 1.82) is 0 Å². The molecule has 1 aromatic carbocycles. The fraction of sp³-hybridized carbons (Fsp3) is 0.273. The number of hydrogen-bond acceptors (Lipinski definition) is 4. The van der Waals surface area contributed by atoms with Crippen LogP contribution in [0.4, 0.5) is 0 Å². The molecule has 5 heteroatoms. The van der Waals surface area contributed by atoms with Crippen LogP contribution in [0, 0.1) is 0 Å². The van der Waals surface area contributed by atoms with E-state index in [4.69, 9.17) is 10.5 Å². The second-order valence-electron chi connectivity index (χ2n) is 3.04. The topological polar surface area (TPSA) is 78.6 Å². The molecule has 0 aliphatic carbocycles. The first-order valence-electron chi connectivity index (χ1n) is 4.80. The van der Waals surface area contributed by atoms with Crippen molar-refractivity contribution in [3.8, 4) is 5.75 Å². The van der Waals surface area contributed by atoms with Gasteiger partial charge < -0.3 is 15.2 Å². The Morgan fingerprint density at radius 2 is 1.88 bits per heavy atom. The zero-order chi connectivity index (χ0) is 11.8. The van der Waals surface area contributed by atoms with Gasteiger partial charge in [0.05, 0.1) is 13.0 Å². The maximum Gasteiger partial charge on any atom is 0.309 e. The molecule has 0 spiro atoms. The van der Waals surface area contributed by atoms with Gasteiger partial charge >= 0.3 is 5.97 Å². The SMILES string of the molecule is NC(=O)COC(=O)CCOc1ccccc1. The van der Waals surface area contributed by atoms with E-state index >= 15 is 0 Å². The van der Waals surface area contributed by atoms with Crippen molar-refractivity contribution in [2.75, 3.05) is 13.2 Å². The predicted octanol–water partition coefficient (Wildman–Crippen LogP) is 0.484. The van der Waals surface area contributed by atoms with Crippen molar-refractivity contribution in [1.82, 2.24) is 0 Å². The summed E-state index contributed by atoms with van der Waals surface area (Å²) >= 11 is 0. The molecule has 1 aromatic rings. The van der Waals surface area contributed by atoms with Crippen LogP contribution >= 0.6 is 0 Å². The zero-order valence-electron chi connectivity index (χ0n) is 8.72. The first-order valence-corrected chi connectivity index (χ1v) is 4.80. The molecule has 0 radical (unpaired) electrons. The van der Waals surface area contributed by atoms with Gasteiger partial charge in [-0.3, -0.25) is 9.59 Å². The van der Waals surface area contributed by atoms with Gasteiger partial charge in [0.15, 0.2) is 6.61 Å². The fourth-order valence-electron chi connectivity index (χ4n) is 0.993. The average molecular weight is 223 g/mol. The van der Waals surface area contributed by atoms with Gasteiger partial charge in [-0.1, -0.05) is 18.2 Å². The lowest BCUT2D eigenvalue weighted by Crippen LogP contribution is -2.21. The second kappa shape index (κ2) is 6.44. The molecule has 1 rings (SSSR count). The fourth-order valence-corrected chi connectivity index (χ4v) is 0.993.